The minimum atomic E-state index is -0.391. The SMILES string of the molecule is COc1cccc(-c2nn(-c3ccc(C)cc3)cc2C(=O)Nc2ccc(N3CCOCC3)c(F)c2)c1. The minimum absolute atomic E-state index is 0.362. The van der Waals surface area contributed by atoms with Gasteiger partial charge in [0, 0.05) is 30.5 Å². The molecule has 0 unspecified atom stereocenters. The number of hydrogen-bond donors (Lipinski definition) is 1. The molecule has 0 radical (unpaired) electrons. The van der Waals surface area contributed by atoms with Crippen LogP contribution in [0.2, 0.25) is 0 Å². The minimum Gasteiger partial charge on any atom is -0.497 e. The Morgan fingerprint density at radius 2 is 1.83 bits per heavy atom. The molecule has 1 N–H and O–H groups in total. The van der Waals surface area contributed by atoms with Crippen LogP contribution in [0.1, 0.15) is 15.9 Å². The summed E-state index contributed by atoms with van der Waals surface area (Å²) in [7, 11) is 1.59. The first-order valence-corrected chi connectivity index (χ1v) is 11.8. The lowest BCUT2D eigenvalue weighted by atomic mass is 10.1. The molecule has 5 rings (SSSR count). The molecule has 7 nitrogen and oxygen atoms in total. The molecular weight excluding hydrogens is 459 g/mol. The topological polar surface area (TPSA) is 68.6 Å². The molecule has 3 aromatic carbocycles. The summed E-state index contributed by atoms with van der Waals surface area (Å²) in [6.45, 7) is 4.40. The van der Waals surface area contributed by atoms with E-state index in [4.69, 9.17) is 14.6 Å². The van der Waals surface area contributed by atoms with Crippen LogP contribution in [0.5, 0.6) is 5.75 Å². The molecular formula is C28H27FN4O3. The Morgan fingerprint density at radius 1 is 1.06 bits per heavy atom. The van der Waals surface area contributed by atoms with Crippen molar-refractivity contribution in [2.24, 2.45) is 0 Å². The molecule has 1 amide bonds. The standard InChI is InChI=1S/C28H27FN4O3/c1-19-6-9-22(10-7-19)33-18-24(27(31-33)20-4-3-5-23(16-20)35-2)28(34)30-21-8-11-26(25(29)17-21)32-12-14-36-15-13-32/h3-11,16-18H,12-15H2,1-2H3,(H,30,34). The highest BCUT2D eigenvalue weighted by Crippen LogP contribution is 2.29. The van der Waals surface area contributed by atoms with E-state index in [1.165, 1.54) is 6.07 Å². The highest BCUT2D eigenvalue weighted by atomic mass is 19.1. The number of methoxy groups -OCH3 is 1. The van der Waals surface area contributed by atoms with E-state index in [-0.39, 0.29) is 5.91 Å². The van der Waals surface area contributed by atoms with Crippen molar-refractivity contribution in [3.05, 3.63) is 89.9 Å². The zero-order valence-corrected chi connectivity index (χ0v) is 20.2. The molecule has 0 saturated carbocycles. The van der Waals surface area contributed by atoms with Gasteiger partial charge in [0.05, 0.1) is 37.3 Å². The molecule has 0 bridgehead atoms. The van der Waals surface area contributed by atoms with Crippen LogP contribution in [0.4, 0.5) is 15.8 Å². The number of ether oxygens (including phenoxy) is 2. The summed E-state index contributed by atoms with van der Waals surface area (Å²) in [5.41, 5.74) is 4.41. The van der Waals surface area contributed by atoms with Crippen LogP contribution in [0.3, 0.4) is 0 Å². The number of morpholine rings is 1. The normalized spacial score (nSPS) is 13.5. The smallest absolute Gasteiger partial charge is 0.259 e. The molecule has 1 aliphatic heterocycles. The van der Waals surface area contributed by atoms with E-state index in [0.717, 1.165) is 16.8 Å². The van der Waals surface area contributed by atoms with Crippen LogP contribution in [0.25, 0.3) is 16.9 Å². The number of amides is 1. The summed E-state index contributed by atoms with van der Waals surface area (Å²) in [6.07, 6.45) is 1.69. The van der Waals surface area contributed by atoms with Gasteiger partial charge in [0.25, 0.3) is 5.91 Å². The number of benzene rings is 3. The lowest BCUT2D eigenvalue weighted by Gasteiger charge is -2.29. The lowest BCUT2D eigenvalue weighted by Crippen LogP contribution is -2.36. The van der Waals surface area contributed by atoms with Gasteiger partial charge in [-0.05, 0) is 49.4 Å². The summed E-state index contributed by atoms with van der Waals surface area (Å²) < 4.78 is 27.3. The fourth-order valence-electron chi connectivity index (χ4n) is 4.20. The maximum Gasteiger partial charge on any atom is 0.259 e. The van der Waals surface area contributed by atoms with Crippen molar-refractivity contribution in [1.82, 2.24) is 9.78 Å². The van der Waals surface area contributed by atoms with Crippen molar-refractivity contribution < 1.29 is 18.7 Å². The van der Waals surface area contributed by atoms with E-state index in [1.807, 2.05) is 60.4 Å². The fourth-order valence-corrected chi connectivity index (χ4v) is 4.20. The zero-order valence-electron chi connectivity index (χ0n) is 20.2. The van der Waals surface area contributed by atoms with Gasteiger partial charge in [0.1, 0.15) is 17.3 Å². The molecule has 1 aromatic heterocycles. The van der Waals surface area contributed by atoms with Crippen molar-refractivity contribution in [2.45, 2.75) is 6.92 Å². The first-order chi connectivity index (χ1) is 17.5. The van der Waals surface area contributed by atoms with Gasteiger partial charge < -0.3 is 19.7 Å². The van der Waals surface area contributed by atoms with Gasteiger partial charge in [0.15, 0.2) is 0 Å². The third kappa shape index (κ3) is 4.94. The summed E-state index contributed by atoms with van der Waals surface area (Å²) in [6, 6.07) is 20.0. The highest BCUT2D eigenvalue weighted by molar-refractivity contribution is 6.08. The quantitative estimate of drug-likeness (QED) is 0.412. The number of anilines is 2. The van der Waals surface area contributed by atoms with Crippen molar-refractivity contribution in [3.63, 3.8) is 0 Å². The Morgan fingerprint density at radius 3 is 2.56 bits per heavy atom. The highest BCUT2D eigenvalue weighted by Gasteiger charge is 2.21. The fraction of sp³-hybridized carbons (Fsp3) is 0.214. The first kappa shape index (κ1) is 23.6. The number of carbonyl (C=O) groups excluding carboxylic acids is 1. The van der Waals surface area contributed by atoms with Gasteiger partial charge in [0.2, 0.25) is 0 Å². The third-order valence-corrected chi connectivity index (χ3v) is 6.16. The van der Waals surface area contributed by atoms with Crippen LogP contribution in [0, 0.1) is 12.7 Å². The van der Waals surface area contributed by atoms with Gasteiger partial charge in [-0.25, -0.2) is 9.07 Å². The van der Waals surface area contributed by atoms with Crippen LogP contribution in [-0.2, 0) is 4.74 Å². The maximum atomic E-state index is 14.9. The van der Waals surface area contributed by atoms with E-state index in [2.05, 4.69) is 5.32 Å². The molecule has 0 atom stereocenters. The second-order valence-electron chi connectivity index (χ2n) is 8.62. The number of aromatic nitrogens is 2. The van der Waals surface area contributed by atoms with Crippen LogP contribution in [-0.4, -0.2) is 49.1 Å². The molecule has 1 fully saturated rings. The molecule has 8 heteroatoms. The van der Waals surface area contributed by atoms with Crippen molar-refractivity contribution in [1.29, 1.82) is 0 Å². The summed E-state index contributed by atoms with van der Waals surface area (Å²) in [5, 5.41) is 7.55. The number of hydrogen-bond acceptors (Lipinski definition) is 5. The van der Waals surface area contributed by atoms with Gasteiger partial charge >= 0.3 is 0 Å². The predicted molar refractivity (Wildman–Crippen MR) is 138 cm³/mol. The van der Waals surface area contributed by atoms with Crippen LogP contribution >= 0.6 is 0 Å². The molecule has 1 aliphatic rings. The predicted octanol–water partition coefficient (Wildman–Crippen LogP) is 5.08. The van der Waals surface area contributed by atoms with E-state index in [0.29, 0.717) is 54.7 Å². The number of rotatable bonds is 6. The van der Waals surface area contributed by atoms with Gasteiger partial charge in [-0.15, -0.1) is 0 Å². The summed E-state index contributed by atoms with van der Waals surface area (Å²) >= 11 is 0. The number of halogens is 1. The molecule has 2 heterocycles. The summed E-state index contributed by atoms with van der Waals surface area (Å²) in [5.74, 6) is -0.118. The largest absolute Gasteiger partial charge is 0.497 e. The van der Waals surface area contributed by atoms with Crippen LogP contribution in [0.15, 0.2) is 72.9 Å². The van der Waals surface area contributed by atoms with Gasteiger partial charge in [-0.1, -0.05) is 29.8 Å². The average Bonchev–Trinajstić information content (AvgIpc) is 3.35. The number of carbonyl (C=O) groups is 1. The van der Waals surface area contributed by atoms with E-state index < -0.39 is 5.82 Å². The van der Waals surface area contributed by atoms with Crippen molar-refractivity contribution >= 4 is 17.3 Å². The third-order valence-electron chi connectivity index (χ3n) is 6.16. The molecule has 4 aromatic rings. The second kappa shape index (κ2) is 10.2. The van der Waals surface area contributed by atoms with E-state index in [9.17, 15) is 9.18 Å². The molecule has 0 aliphatic carbocycles. The number of nitrogens with zero attached hydrogens (tertiary/aromatic N) is 3. The molecule has 184 valence electrons. The van der Waals surface area contributed by atoms with E-state index in [1.54, 1.807) is 30.1 Å². The van der Waals surface area contributed by atoms with Gasteiger partial charge in [-0.3, -0.25) is 4.79 Å². The molecule has 1 saturated heterocycles. The molecule has 0 spiro atoms. The second-order valence-corrected chi connectivity index (χ2v) is 8.62. The number of aryl methyl sites for hydroxylation is 1. The van der Waals surface area contributed by atoms with Crippen molar-refractivity contribution in [3.8, 4) is 22.7 Å². The van der Waals surface area contributed by atoms with Gasteiger partial charge in [-0.2, -0.15) is 5.10 Å². The lowest BCUT2D eigenvalue weighted by molar-refractivity contribution is 0.102. The van der Waals surface area contributed by atoms with Crippen LogP contribution < -0.4 is 15.0 Å². The monoisotopic (exact) mass is 486 g/mol. The summed E-state index contributed by atoms with van der Waals surface area (Å²) in [4.78, 5) is 15.4. The Balaban J connectivity index is 1.47. The van der Waals surface area contributed by atoms with Crippen molar-refractivity contribution in [2.75, 3.05) is 43.6 Å². The Kier molecular flexibility index (Phi) is 6.69. The van der Waals surface area contributed by atoms with E-state index >= 15 is 0 Å². The maximum absolute atomic E-state index is 14.9. The number of nitrogens with one attached hydrogen (secondary N) is 1. The Bertz CT molecular complexity index is 1380. The zero-order chi connectivity index (χ0) is 25.1. The average molecular weight is 487 g/mol. The Labute approximate surface area is 209 Å². The first-order valence-electron chi connectivity index (χ1n) is 11.8. The molecule has 36 heavy (non-hydrogen) atoms. The Hall–Kier alpha value is -4.17.